The third kappa shape index (κ3) is 5.44. The first-order valence-electron chi connectivity index (χ1n) is 5.39. The van der Waals surface area contributed by atoms with E-state index in [0.29, 0.717) is 11.9 Å². The number of benzene rings is 1. The molecule has 0 spiro atoms. The molecule has 0 N–H and O–H groups in total. The maximum absolute atomic E-state index is 12.3. The van der Waals surface area contributed by atoms with Crippen LogP contribution < -0.4 is 0 Å². The molecule has 1 amide bonds. The zero-order valence-corrected chi connectivity index (χ0v) is 12.8. The van der Waals surface area contributed by atoms with Gasteiger partial charge in [0.05, 0.1) is 13.0 Å². The van der Waals surface area contributed by atoms with Gasteiger partial charge in [0.25, 0.3) is 6.43 Å². The summed E-state index contributed by atoms with van der Waals surface area (Å²) in [5.41, 5.74) is 0.817. The van der Waals surface area contributed by atoms with Gasteiger partial charge in [0, 0.05) is 16.3 Å². The standard InChI is InChI=1S/C12H13Br2F2NO/c13-5-6-17(8-11(15)16)12(18)7-9-1-3-10(14)4-2-9/h1-4,11H,5-8H2. The minimum absolute atomic E-state index is 0.146. The highest BCUT2D eigenvalue weighted by molar-refractivity contribution is 9.10. The van der Waals surface area contributed by atoms with Crippen molar-refractivity contribution in [3.63, 3.8) is 0 Å². The molecule has 0 aliphatic rings. The van der Waals surface area contributed by atoms with E-state index in [4.69, 9.17) is 0 Å². The fourth-order valence-corrected chi connectivity index (χ4v) is 2.17. The van der Waals surface area contributed by atoms with Crippen molar-refractivity contribution < 1.29 is 13.6 Å². The first-order valence-corrected chi connectivity index (χ1v) is 7.30. The minimum Gasteiger partial charge on any atom is -0.336 e. The van der Waals surface area contributed by atoms with Gasteiger partial charge in [0.1, 0.15) is 0 Å². The Kier molecular flexibility index (Phi) is 6.78. The molecule has 6 heteroatoms. The van der Waals surface area contributed by atoms with Crippen molar-refractivity contribution in [1.29, 1.82) is 0 Å². The van der Waals surface area contributed by atoms with E-state index >= 15 is 0 Å². The average Bonchev–Trinajstić information content (AvgIpc) is 2.31. The number of halogens is 4. The lowest BCUT2D eigenvalue weighted by Gasteiger charge is -2.21. The fourth-order valence-electron chi connectivity index (χ4n) is 1.48. The fraction of sp³-hybridized carbons (Fsp3) is 0.417. The van der Waals surface area contributed by atoms with Crippen LogP contribution in [-0.4, -0.2) is 35.7 Å². The molecule has 0 aliphatic carbocycles. The lowest BCUT2D eigenvalue weighted by molar-refractivity contribution is -0.132. The van der Waals surface area contributed by atoms with Crippen molar-refractivity contribution in [2.45, 2.75) is 12.8 Å². The Bertz CT molecular complexity index is 384. The molecule has 1 aromatic carbocycles. The highest BCUT2D eigenvalue weighted by Crippen LogP contribution is 2.12. The van der Waals surface area contributed by atoms with Gasteiger partial charge in [-0.1, -0.05) is 44.0 Å². The van der Waals surface area contributed by atoms with Crippen molar-refractivity contribution in [1.82, 2.24) is 4.90 Å². The monoisotopic (exact) mass is 383 g/mol. The predicted octanol–water partition coefficient (Wildman–Crippen LogP) is 3.48. The smallest absolute Gasteiger partial charge is 0.255 e. The number of carbonyl (C=O) groups is 1. The van der Waals surface area contributed by atoms with E-state index in [1.165, 1.54) is 4.90 Å². The Hall–Kier alpha value is -0.490. The van der Waals surface area contributed by atoms with Crippen molar-refractivity contribution >= 4 is 37.8 Å². The largest absolute Gasteiger partial charge is 0.336 e. The molecule has 0 radical (unpaired) electrons. The summed E-state index contributed by atoms with van der Waals surface area (Å²) >= 11 is 6.46. The Labute approximate surface area is 122 Å². The highest BCUT2D eigenvalue weighted by atomic mass is 79.9. The van der Waals surface area contributed by atoms with Crippen molar-refractivity contribution in [3.8, 4) is 0 Å². The molecule has 2 nitrogen and oxygen atoms in total. The van der Waals surface area contributed by atoms with Gasteiger partial charge in [-0.15, -0.1) is 0 Å². The zero-order valence-electron chi connectivity index (χ0n) is 9.58. The molecule has 1 rings (SSSR count). The lowest BCUT2D eigenvalue weighted by Crippen LogP contribution is -2.37. The van der Waals surface area contributed by atoms with Crippen LogP contribution in [0.2, 0.25) is 0 Å². The van der Waals surface area contributed by atoms with Crippen LogP contribution in [-0.2, 0) is 11.2 Å². The Morgan fingerprint density at radius 3 is 2.39 bits per heavy atom. The number of amides is 1. The Morgan fingerprint density at radius 2 is 1.89 bits per heavy atom. The van der Waals surface area contributed by atoms with Gasteiger partial charge in [-0.05, 0) is 17.7 Å². The summed E-state index contributed by atoms with van der Waals surface area (Å²) in [6, 6.07) is 7.25. The lowest BCUT2D eigenvalue weighted by atomic mass is 10.1. The van der Waals surface area contributed by atoms with E-state index in [1.807, 2.05) is 12.1 Å². The quantitative estimate of drug-likeness (QED) is 0.687. The molecule has 0 atom stereocenters. The van der Waals surface area contributed by atoms with Crippen LogP contribution >= 0.6 is 31.9 Å². The number of hydrogen-bond acceptors (Lipinski definition) is 1. The van der Waals surface area contributed by atoms with Gasteiger partial charge in [0.2, 0.25) is 5.91 Å². The average molecular weight is 385 g/mol. The van der Waals surface area contributed by atoms with E-state index in [1.54, 1.807) is 12.1 Å². The predicted molar refractivity (Wildman–Crippen MR) is 74.2 cm³/mol. The molecule has 0 heterocycles. The second-order valence-corrected chi connectivity index (χ2v) is 5.43. The molecule has 0 saturated carbocycles. The first kappa shape index (κ1) is 15.6. The van der Waals surface area contributed by atoms with Crippen molar-refractivity contribution in [3.05, 3.63) is 34.3 Å². The van der Waals surface area contributed by atoms with Crippen LogP contribution in [0.3, 0.4) is 0 Å². The molecule has 100 valence electrons. The molecule has 0 aromatic heterocycles. The molecule has 0 saturated heterocycles. The summed E-state index contributed by atoms with van der Waals surface area (Å²) in [5.74, 6) is -0.280. The van der Waals surface area contributed by atoms with Crippen LogP contribution in [0, 0.1) is 0 Å². The van der Waals surface area contributed by atoms with E-state index in [-0.39, 0.29) is 12.3 Å². The number of carbonyl (C=O) groups excluding carboxylic acids is 1. The summed E-state index contributed by atoms with van der Waals surface area (Å²) in [7, 11) is 0. The summed E-state index contributed by atoms with van der Waals surface area (Å²) in [6.45, 7) is -0.222. The minimum atomic E-state index is -2.50. The van der Waals surface area contributed by atoms with Crippen molar-refractivity contribution in [2.24, 2.45) is 0 Å². The maximum Gasteiger partial charge on any atom is 0.255 e. The second-order valence-electron chi connectivity index (χ2n) is 3.72. The van der Waals surface area contributed by atoms with E-state index in [2.05, 4.69) is 31.9 Å². The second kappa shape index (κ2) is 7.84. The van der Waals surface area contributed by atoms with Gasteiger partial charge in [-0.3, -0.25) is 4.79 Å². The van der Waals surface area contributed by atoms with Gasteiger partial charge >= 0.3 is 0 Å². The summed E-state index contributed by atoms with van der Waals surface area (Å²) < 4.78 is 25.6. The van der Waals surface area contributed by atoms with E-state index in [0.717, 1.165) is 10.0 Å². The Balaban J connectivity index is 2.63. The van der Waals surface area contributed by atoms with Gasteiger partial charge in [0.15, 0.2) is 0 Å². The highest BCUT2D eigenvalue weighted by Gasteiger charge is 2.17. The third-order valence-electron chi connectivity index (χ3n) is 2.33. The normalized spacial score (nSPS) is 10.7. The number of hydrogen-bond donors (Lipinski definition) is 0. The van der Waals surface area contributed by atoms with E-state index < -0.39 is 13.0 Å². The summed E-state index contributed by atoms with van der Waals surface area (Å²) in [6.07, 6.45) is -2.36. The molecular formula is C12H13Br2F2NO. The van der Waals surface area contributed by atoms with Gasteiger partial charge in [-0.2, -0.15) is 0 Å². The molecule has 18 heavy (non-hydrogen) atoms. The SMILES string of the molecule is O=C(Cc1ccc(Br)cc1)N(CCBr)CC(F)F. The van der Waals surface area contributed by atoms with Crippen molar-refractivity contribution in [2.75, 3.05) is 18.4 Å². The number of rotatable bonds is 6. The number of alkyl halides is 3. The topological polar surface area (TPSA) is 20.3 Å². The van der Waals surface area contributed by atoms with Crippen LogP contribution in [0.1, 0.15) is 5.56 Å². The van der Waals surface area contributed by atoms with E-state index in [9.17, 15) is 13.6 Å². The summed E-state index contributed by atoms with van der Waals surface area (Å²) in [5, 5.41) is 0.492. The Morgan fingerprint density at radius 1 is 1.28 bits per heavy atom. The molecule has 0 fully saturated rings. The summed E-state index contributed by atoms with van der Waals surface area (Å²) in [4.78, 5) is 13.1. The van der Waals surface area contributed by atoms with Gasteiger partial charge in [-0.25, -0.2) is 8.78 Å². The first-order chi connectivity index (χ1) is 8.52. The van der Waals surface area contributed by atoms with Crippen LogP contribution in [0.15, 0.2) is 28.7 Å². The third-order valence-corrected chi connectivity index (χ3v) is 3.22. The molecule has 1 aromatic rings. The van der Waals surface area contributed by atoms with Crippen LogP contribution in [0.25, 0.3) is 0 Å². The number of nitrogens with zero attached hydrogens (tertiary/aromatic N) is 1. The molecule has 0 aliphatic heterocycles. The molecule has 0 unspecified atom stereocenters. The van der Waals surface area contributed by atoms with Gasteiger partial charge < -0.3 is 4.90 Å². The van der Waals surface area contributed by atoms with Crippen LogP contribution in [0.4, 0.5) is 8.78 Å². The zero-order chi connectivity index (χ0) is 13.5. The molecule has 0 bridgehead atoms. The van der Waals surface area contributed by atoms with Crippen LogP contribution in [0.5, 0.6) is 0 Å². The molecular weight excluding hydrogens is 372 g/mol. The maximum atomic E-state index is 12.3.